The minimum Gasteiger partial charge on any atom is -0.490 e. The van der Waals surface area contributed by atoms with E-state index in [0.29, 0.717) is 24.9 Å². The monoisotopic (exact) mass is 422 g/mol. The van der Waals surface area contributed by atoms with Crippen LogP contribution >= 0.6 is 0 Å². The summed E-state index contributed by atoms with van der Waals surface area (Å²) in [6.45, 7) is 1.20. The normalized spacial score (nSPS) is 22.5. The van der Waals surface area contributed by atoms with Crippen molar-refractivity contribution < 1.29 is 23.6 Å². The van der Waals surface area contributed by atoms with Gasteiger partial charge in [0.1, 0.15) is 5.75 Å². The summed E-state index contributed by atoms with van der Waals surface area (Å²) in [7, 11) is 0. The van der Waals surface area contributed by atoms with Gasteiger partial charge in [-0.05, 0) is 48.3 Å². The summed E-state index contributed by atoms with van der Waals surface area (Å²) in [5, 5.41) is 5.72. The molecule has 0 radical (unpaired) electrons. The lowest BCUT2D eigenvalue weighted by Crippen LogP contribution is -2.31. The molecule has 3 atom stereocenters. The molecular weight excluding hydrogens is 400 g/mol. The molecule has 9 nitrogen and oxygen atoms in total. The summed E-state index contributed by atoms with van der Waals surface area (Å²) >= 11 is 0. The van der Waals surface area contributed by atoms with Crippen LogP contribution in [0.5, 0.6) is 5.75 Å². The molecule has 1 saturated carbocycles. The van der Waals surface area contributed by atoms with Crippen molar-refractivity contribution >= 4 is 22.8 Å². The summed E-state index contributed by atoms with van der Waals surface area (Å²) in [6, 6.07) is 9.41. The highest BCUT2D eigenvalue weighted by molar-refractivity contribution is 5.90. The number of carbonyl (C=O) groups is 2. The maximum atomic E-state index is 12.4. The fourth-order valence-electron chi connectivity index (χ4n) is 4.54. The minimum absolute atomic E-state index is 0.00970. The highest BCUT2D eigenvalue weighted by Gasteiger charge is 2.43. The number of ether oxygens (including phenoxy) is 2. The smallest absolute Gasteiger partial charge is 0.410 e. The van der Waals surface area contributed by atoms with Crippen molar-refractivity contribution in [3.63, 3.8) is 0 Å². The molecule has 1 aromatic carbocycles. The molecule has 5 rings (SSSR count). The van der Waals surface area contributed by atoms with Gasteiger partial charge in [-0.3, -0.25) is 9.78 Å². The Balaban J connectivity index is 1.12. The van der Waals surface area contributed by atoms with E-state index in [0.717, 1.165) is 29.4 Å². The van der Waals surface area contributed by atoms with Crippen molar-refractivity contribution in [1.82, 2.24) is 15.0 Å². The van der Waals surface area contributed by atoms with Crippen molar-refractivity contribution in [1.29, 1.82) is 0 Å². The summed E-state index contributed by atoms with van der Waals surface area (Å²) in [5.74, 6) is 1.23. The van der Waals surface area contributed by atoms with Crippen LogP contribution in [0.15, 0.2) is 47.2 Å². The predicted octanol–water partition coefficient (Wildman–Crippen LogP) is 2.75. The van der Waals surface area contributed by atoms with Gasteiger partial charge in [0.25, 0.3) is 5.91 Å². The number of aromatic nitrogens is 2. The van der Waals surface area contributed by atoms with E-state index in [1.807, 2.05) is 30.5 Å². The number of fused-ring (bicyclic) bond motifs is 2. The van der Waals surface area contributed by atoms with Gasteiger partial charge < -0.3 is 24.6 Å². The van der Waals surface area contributed by atoms with Gasteiger partial charge in [-0.2, -0.15) is 0 Å². The second kappa shape index (κ2) is 7.90. The first-order chi connectivity index (χ1) is 15.0. The molecule has 1 saturated heterocycles. The van der Waals surface area contributed by atoms with Crippen LogP contribution in [0.1, 0.15) is 29.1 Å². The van der Waals surface area contributed by atoms with Crippen LogP contribution in [0, 0.1) is 11.8 Å². The molecule has 1 aliphatic carbocycles. The van der Waals surface area contributed by atoms with Gasteiger partial charge in [0.2, 0.25) is 0 Å². The number of nitrogens with zero attached hydrogens (tertiary/aromatic N) is 3. The van der Waals surface area contributed by atoms with Crippen molar-refractivity contribution in [2.45, 2.75) is 25.6 Å². The molecule has 31 heavy (non-hydrogen) atoms. The van der Waals surface area contributed by atoms with Crippen LogP contribution in [0.25, 0.3) is 10.8 Å². The molecule has 0 spiro atoms. The SMILES string of the molecule is NC(=O)c1cc(COC(=O)N2C[C@H]3CC(Oc4ccc5ccncc5c4)C[C@H]3C2)on1. The van der Waals surface area contributed by atoms with Gasteiger partial charge in [0.15, 0.2) is 18.1 Å². The Labute approximate surface area is 178 Å². The maximum Gasteiger partial charge on any atom is 0.410 e. The summed E-state index contributed by atoms with van der Waals surface area (Å²) in [6.07, 6.45) is 5.17. The lowest BCUT2D eigenvalue weighted by Gasteiger charge is -2.19. The fourth-order valence-corrected chi connectivity index (χ4v) is 4.54. The van der Waals surface area contributed by atoms with Crippen molar-refractivity contribution in [2.75, 3.05) is 13.1 Å². The van der Waals surface area contributed by atoms with E-state index in [1.165, 1.54) is 6.07 Å². The Bertz CT molecular complexity index is 1120. The van der Waals surface area contributed by atoms with E-state index >= 15 is 0 Å². The third-order valence-corrected chi connectivity index (χ3v) is 6.03. The third kappa shape index (κ3) is 4.03. The molecule has 9 heteroatoms. The van der Waals surface area contributed by atoms with Gasteiger partial charge >= 0.3 is 6.09 Å². The average molecular weight is 422 g/mol. The van der Waals surface area contributed by atoms with Crippen LogP contribution in [0.3, 0.4) is 0 Å². The van der Waals surface area contributed by atoms with E-state index in [-0.39, 0.29) is 24.2 Å². The van der Waals surface area contributed by atoms with Crippen LogP contribution in [-0.4, -0.2) is 46.2 Å². The lowest BCUT2D eigenvalue weighted by molar-refractivity contribution is 0.0899. The van der Waals surface area contributed by atoms with Crippen molar-refractivity contribution in [3.05, 3.63) is 54.2 Å². The standard InChI is InChI=1S/C22H22N4O5/c23-21(27)20-8-19(31-25-20)12-29-22(28)26-10-15-6-18(7-16(15)11-26)30-17-2-1-13-3-4-24-9-14(13)5-17/h1-5,8-9,15-16,18H,6-7,10-12H2,(H2,23,27)/t15-,16+,18?. The second-order valence-electron chi connectivity index (χ2n) is 8.12. The summed E-state index contributed by atoms with van der Waals surface area (Å²) < 4.78 is 16.5. The summed E-state index contributed by atoms with van der Waals surface area (Å²) in [4.78, 5) is 29.3. The third-order valence-electron chi connectivity index (χ3n) is 6.03. The number of benzene rings is 1. The topological polar surface area (TPSA) is 121 Å². The fraction of sp³-hybridized carbons (Fsp3) is 0.364. The van der Waals surface area contributed by atoms with Gasteiger partial charge in [0.05, 0.1) is 6.10 Å². The number of hydrogen-bond donors (Lipinski definition) is 1. The Morgan fingerprint density at radius 2 is 1.94 bits per heavy atom. The number of pyridine rings is 1. The molecule has 1 aliphatic heterocycles. The van der Waals surface area contributed by atoms with E-state index in [1.54, 1.807) is 11.1 Å². The maximum absolute atomic E-state index is 12.4. The number of carbonyl (C=O) groups excluding carboxylic acids is 2. The molecule has 2 aromatic heterocycles. The quantitative estimate of drug-likeness (QED) is 0.671. The van der Waals surface area contributed by atoms with E-state index in [2.05, 4.69) is 10.1 Å². The number of hydrogen-bond acceptors (Lipinski definition) is 7. The van der Waals surface area contributed by atoms with Gasteiger partial charge in [-0.1, -0.05) is 11.2 Å². The van der Waals surface area contributed by atoms with Gasteiger partial charge in [-0.25, -0.2) is 4.79 Å². The van der Waals surface area contributed by atoms with Crippen molar-refractivity contribution in [3.8, 4) is 5.75 Å². The van der Waals surface area contributed by atoms with E-state index < -0.39 is 12.0 Å². The minimum atomic E-state index is -0.689. The average Bonchev–Trinajstić information content (AvgIpc) is 3.47. The number of amides is 2. The molecule has 2 amide bonds. The van der Waals surface area contributed by atoms with Crippen LogP contribution in [-0.2, 0) is 11.3 Å². The van der Waals surface area contributed by atoms with E-state index in [9.17, 15) is 9.59 Å². The second-order valence-corrected chi connectivity index (χ2v) is 8.12. The Morgan fingerprint density at radius 3 is 2.68 bits per heavy atom. The Morgan fingerprint density at radius 1 is 1.13 bits per heavy atom. The number of likely N-dealkylation sites (tertiary alicyclic amines) is 1. The first-order valence-electron chi connectivity index (χ1n) is 10.2. The van der Waals surface area contributed by atoms with E-state index in [4.69, 9.17) is 19.7 Å². The van der Waals surface area contributed by atoms with Gasteiger partial charge in [-0.15, -0.1) is 0 Å². The largest absolute Gasteiger partial charge is 0.490 e. The molecule has 3 heterocycles. The van der Waals surface area contributed by atoms with Crippen LogP contribution in [0.2, 0.25) is 0 Å². The zero-order valence-electron chi connectivity index (χ0n) is 16.8. The number of primary amides is 1. The molecule has 3 aromatic rings. The number of nitrogens with two attached hydrogens (primary N) is 1. The zero-order chi connectivity index (χ0) is 21.4. The lowest BCUT2D eigenvalue weighted by atomic mass is 10.0. The zero-order valence-corrected chi connectivity index (χ0v) is 16.8. The predicted molar refractivity (Wildman–Crippen MR) is 109 cm³/mol. The first-order valence-corrected chi connectivity index (χ1v) is 10.2. The molecule has 2 aliphatic rings. The summed E-state index contributed by atoms with van der Waals surface area (Å²) in [5.41, 5.74) is 5.14. The highest BCUT2D eigenvalue weighted by Crippen LogP contribution is 2.40. The molecule has 2 fully saturated rings. The Hall–Kier alpha value is -3.62. The molecule has 0 bridgehead atoms. The molecule has 1 unspecified atom stereocenters. The van der Waals surface area contributed by atoms with Crippen LogP contribution < -0.4 is 10.5 Å². The van der Waals surface area contributed by atoms with Gasteiger partial charge in [0, 0.05) is 36.9 Å². The highest BCUT2D eigenvalue weighted by atomic mass is 16.6. The molecule has 2 N–H and O–H groups in total. The molecule has 160 valence electrons. The number of rotatable bonds is 5. The Kier molecular flexibility index (Phi) is 4.93. The van der Waals surface area contributed by atoms with Crippen LogP contribution in [0.4, 0.5) is 4.79 Å². The first kappa shape index (κ1) is 19.3. The molecular formula is C22H22N4O5. The van der Waals surface area contributed by atoms with Crippen molar-refractivity contribution in [2.24, 2.45) is 17.6 Å².